The quantitative estimate of drug-likeness (QED) is 0.512. The van der Waals surface area contributed by atoms with Gasteiger partial charge in [-0.1, -0.05) is 0 Å². The highest BCUT2D eigenvalue weighted by atomic mass is 16.8. The topological polar surface area (TPSA) is 88.5 Å². The van der Waals surface area contributed by atoms with E-state index in [9.17, 15) is 9.59 Å². The molecule has 2 heterocycles. The van der Waals surface area contributed by atoms with Gasteiger partial charge in [-0.3, -0.25) is 4.57 Å². The van der Waals surface area contributed by atoms with Crippen LogP contribution in [0.3, 0.4) is 0 Å². The number of ether oxygens (including phenoxy) is 5. The highest BCUT2D eigenvalue weighted by Gasteiger charge is 2.21. The van der Waals surface area contributed by atoms with Crippen molar-refractivity contribution in [3.63, 3.8) is 0 Å². The molecule has 1 aliphatic heterocycles. The second-order valence-corrected chi connectivity index (χ2v) is 6.99. The molecule has 1 fully saturated rings. The highest BCUT2D eigenvalue weighted by molar-refractivity contribution is 5.92. The van der Waals surface area contributed by atoms with Crippen LogP contribution in [-0.4, -0.2) is 75.6 Å². The lowest BCUT2D eigenvalue weighted by molar-refractivity contribution is -0.0303. The maximum absolute atomic E-state index is 12.5. The Kier molecular flexibility index (Phi) is 6.95. The summed E-state index contributed by atoms with van der Waals surface area (Å²) in [4.78, 5) is 26.2. The lowest BCUT2D eigenvalue weighted by atomic mass is 10.1. The monoisotopic (exact) mass is 406 g/mol. The number of hydrogen-bond donors (Lipinski definition) is 0. The van der Waals surface area contributed by atoms with E-state index in [1.165, 1.54) is 4.57 Å². The summed E-state index contributed by atoms with van der Waals surface area (Å²) >= 11 is 0. The molecular weight excluding hydrogens is 380 g/mol. The molecule has 9 nitrogen and oxygen atoms in total. The summed E-state index contributed by atoms with van der Waals surface area (Å²) < 4.78 is 26.8. The maximum Gasteiger partial charge on any atom is 0.511 e. The van der Waals surface area contributed by atoms with E-state index < -0.39 is 19.0 Å². The van der Waals surface area contributed by atoms with Crippen molar-refractivity contribution in [1.29, 1.82) is 0 Å². The zero-order valence-corrected chi connectivity index (χ0v) is 16.9. The first-order valence-electron chi connectivity index (χ1n) is 9.39. The third-order valence-corrected chi connectivity index (χ3v) is 4.63. The van der Waals surface area contributed by atoms with Crippen molar-refractivity contribution in [3.05, 3.63) is 30.0 Å². The van der Waals surface area contributed by atoms with E-state index in [1.54, 1.807) is 25.4 Å². The lowest BCUT2D eigenvalue weighted by Gasteiger charge is -2.11. The summed E-state index contributed by atoms with van der Waals surface area (Å²) in [6.45, 7) is 1.19. The van der Waals surface area contributed by atoms with Gasteiger partial charge in [0.25, 0.3) is 0 Å². The molecule has 0 amide bonds. The first-order valence-corrected chi connectivity index (χ1v) is 9.39. The van der Waals surface area contributed by atoms with Gasteiger partial charge in [0.05, 0.1) is 25.8 Å². The third kappa shape index (κ3) is 5.39. The van der Waals surface area contributed by atoms with Crippen LogP contribution >= 0.6 is 0 Å². The Morgan fingerprint density at radius 2 is 2.10 bits per heavy atom. The van der Waals surface area contributed by atoms with Gasteiger partial charge in [0, 0.05) is 24.5 Å². The van der Waals surface area contributed by atoms with E-state index in [0.717, 1.165) is 23.9 Å². The van der Waals surface area contributed by atoms with Crippen LogP contribution in [0.1, 0.15) is 12.0 Å². The van der Waals surface area contributed by atoms with Crippen LogP contribution in [0.15, 0.2) is 24.4 Å². The predicted octanol–water partition coefficient (Wildman–Crippen LogP) is 2.64. The average molecular weight is 406 g/mol. The molecule has 1 aliphatic rings. The molecule has 1 unspecified atom stereocenters. The highest BCUT2D eigenvalue weighted by Crippen LogP contribution is 2.27. The van der Waals surface area contributed by atoms with Crippen molar-refractivity contribution in [2.45, 2.75) is 18.9 Å². The number of benzene rings is 1. The molecule has 0 radical (unpaired) electrons. The number of carbonyl (C=O) groups excluding carboxylic acids is 2. The van der Waals surface area contributed by atoms with Gasteiger partial charge in [0.15, 0.2) is 0 Å². The van der Waals surface area contributed by atoms with Crippen LogP contribution in [0.4, 0.5) is 9.59 Å². The van der Waals surface area contributed by atoms with Crippen molar-refractivity contribution >= 4 is 23.2 Å². The number of methoxy groups -OCH3 is 1. The summed E-state index contributed by atoms with van der Waals surface area (Å²) in [6, 6.07) is 5.46. The Balaban J connectivity index is 1.65. The van der Waals surface area contributed by atoms with Crippen molar-refractivity contribution in [2.24, 2.45) is 0 Å². The van der Waals surface area contributed by atoms with Crippen LogP contribution in [0, 0.1) is 0 Å². The standard InChI is InChI=1S/C20H26N2O7/c1-21(2)8-6-14-11-22(18-5-4-15(25-3)10-17(14)18)19(23)27-13-28-20(24)29-16-7-9-26-12-16/h4-5,10-11,16H,6-9,12-13H2,1-3H3. The van der Waals surface area contributed by atoms with Crippen LogP contribution < -0.4 is 4.74 Å². The molecule has 1 aromatic heterocycles. The molecule has 29 heavy (non-hydrogen) atoms. The van der Waals surface area contributed by atoms with Crippen LogP contribution in [0.2, 0.25) is 0 Å². The molecule has 0 aliphatic carbocycles. The van der Waals surface area contributed by atoms with E-state index in [1.807, 2.05) is 20.2 Å². The van der Waals surface area contributed by atoms with E-state index in [0.29, 0.717) is 30.9 Å². The Morgan fingerprint density at radius 3 is 2.79 bits per heavy atom. The number of nitrogens with zero attached hydrogens (tertiary/aromatic N) is 2. The van der Waals surface area contributed by atoms with Gasteiger partial charge in [0.2, 0.25) is 6.79 Å². The summed E-state index contributed by atoms with van der Waals surface area (Å²) in [5, 5.41) is 0.907. The van der Waals surface area contributed by atoms with Gasteiger partial charge < -0.3 is 28.6 Å². The van der Waals surface area contributed by atoms with Gasteiger partial charge in [-0.2, -0.15) is 0 Å². The fourth-order valence-electron chi connectivity index (χ4n) is 3.07. The van der Waals surface area contributed by atoms with E-state index in [-0.39, 0.29) is 6.10 Å². The molecule has 0 bridgehead atoms. The van der Waals surface area contributed by atoms with Crippen LogP contribution in [0.5, 0.6) is 5.75 Å². The van der Waals surface area contributed by atoms with E-state index in [2.05, 4.69) is 4.90 Å². The predicted molar refractivity (Wildman–Crippen MR) is 104 cm³/mol. The number of carbonyl (C=O) groups is 2. The summed E-state index contributed by atoms with van der Waals surface area (Å²) in [6.07, 6.45) is 1.27. The molecule has 1 saturated heterocycles. The molecule has 0 N–H and O–H groups in total. The fourth-order valence-corrected chi connectivity index (χ4v) is 3.07. The van der Waals surface area contributed by atoms with Gasteiger partial charge >= 0.3 is 12.2 Å². The second kappa shape index (κ2) is 9.62. The summed E-state index contributed by atoms with van der Waals surface area (Å²) in [7, 11) is 5.57. The number of aromatic nitrogens is 1. The van der Waals surface area contributed by atoms with Gasteiger partial charge in [-0.05, 0) is 44.3 Å². The third-order valence-electron chi connectivity index (χ3n) is 4.63. The Labute approximate surface area is 169 Å². The first-order chi connectivity index (χ1) is 14.0. The molecule has 1 aromatic carbocycles. The minimum atomic E-state index is -0.887. The van der Waals surface area contributed by atoms with Crippen LogP contribution in [-0.2, 0) is 25.4 Å². The molecule has 9 heteroatoms. The van der Waals surface area contributed by atoms with Crippen molar-refractivity contribution in [2.75, 3.05) is 47.8 Å². The van der Waals surface area contributed by atoms with Gasteiger partial charge in [-0.15, -0.1) is 0 Å². The number of hydrogen-bond acceptors (Lipinski definition) is 8. The summed E-state index contributed by atoms with van der Waals surface area (Å²) in [5.41, 5.74) is 1.68. The minimum Gasteiger partial charge on any atom is -0.497 e. The smallest absolute Gasteiger partial charge is 0.497 e. The molecule has 1 atom stereocenters. The second-order valence-electron chi connectivity index (χ2n) is 6.99. The Hall–Kier alpha value is -2.78. The Morgan fingerprint density at radius 1 is 1.28 bits per heavy atom. The number of rotatable bonds is 7. The zero-order chi connectivity index (χ0) is 20.8. The molecular formula is C20H26N2O7. The van der Waals surface area contributed by atoms with E-state index >= 15 is 0 Å². The minimum absolute atomic E-state index is 0.319. The average Bonchev–Trinajstić information content (AvgIpc) is 3.33. The maximum atomic E-state index is 12.5. The van der Waals surface area contributed by atoms with E-state index in [4.69, 9.17) is 23.7 Å². The molecule has 158 valence electrons. The van der Waals surface area contributed by atoms with Crippen molar-refractivity contribution in [3.8, 4) is 5.75 Å². The SMILES string of the molecule is COc1ccc2c(c1)c(CCN(C)C)cn2C(=O)OCOC(=O)OC1CCOC1. The number of fused-ring (bicyclic) bond motifs is 1. The van der Waals surface area contributed by atoms with Crippen LogP contribution in [0.25, 0.3) is 10.9 Å². The van der Waals surface area contributed by atoms with Gasteiger partial charge in [-0.25, -0.2) is 9.59 Å². The molecule has 2 aromatic rings. The van der Waals surface area contributed by atoms with Gasteiger partial charge in [0.1, 0.15) is 11.9 Å². The Bertz CT molecular complexity index is 856. The molecule has 0 saturated carbocycles. The van der Waals surface area contributed by atoms with Crippen molar-refractivity contribution < 1.29 is 33.3 Å². The normalized spacial score (nSPS) is 16.2. The lowest BCUT2D eigenvalue weighted by Crippen LogP contribution is -2.21. The zero-order valence-electron chi connectivity index (χ0n) is 16.9. The molecule has 3 rings (SSSR count). The first kappa shape index (κ1) is 20.9. The molecule has 0 spiro atoms. The largest absolute Gasteiger partial charge is 0.511 e. The number of likely N-dealkylation sites (N-methyl/N-ethyl adjacent to an activating group) is 1. The van der Waals surface area contributed by atoms with Crippen molar-refractivity contribution in [1.82, 2.24) is 9.47 Å². The fraction of sp³-hybridized carbons (Fsp3) is 0.500. The summed E-state index contributed by atoms with van der Waals surface area (Å²) in [5.74, 6) is 0.705.